The molecule has 1 fully saturated rings. The van der Waals surface area contributed by atoms with Crippen LogP contribution in [0.25, 0.3) is 0 Å². The Kier molecular flexibility index (Phi) is 13.6. The summed E-state index contributed by atoms with van der Waals surface area (Å²) in [4.78, 5) is 11.8. The second kappa shape index (κ2) is 16.0. The molecular weight excluding hydrogens is 376 g/mol. The summed E-state index contributed by atoms with van der Waals surface area (Å²) in [5.74, 6) is -0.399. The fourth-order valence-electron chi connectivity index (χ4n) is 3.53. The average Bonchev–Trinajstić information content (AvgIpc) is 2.74. The van der Waals surface area contributed by atoms with Gasteiger partial charge in [-0.25, -0.2) is 0 Å². The highest BCUT2D eigenvalue weighted by Crippen LogP contribution is 2.20. The molecule has 29 heavy (non-hydrogen) atoms. The Bertz CT molecular complexity index is 438. The Hall–Kier alpha value is -0.730. The lowest BCUT2D eigenvalue weighted by molar-refractivity contribution is -0.287. The van der Waals surface area contributed by atoms with Crippen LogP contribution in [0.5, 0.6) is 0 Å². The third-order valence-corrected chi connectivity index (χ3v) is 5.48. The Morgan fingerprint density at radius 1 is 0.793 bits per heavy atom. The Morgan fingerprint density at radius 2 is 1.31 bits per heavy atom. The van der Waals surface area contributed by atoms with Crippen LogP contribution in [0.3, 0.4) is 0 Å². The van der Waals surface area contributed by atoms with Gasteiger partial charge in [-0.05, 0) is 6.42 Å². The Balaban J connectivity index is 1.91. The summed E-state index contributed by atoms with van der Waals surface area (Å²) in [5, 5.41) is 38.3. The van der Waals surface area contributed by atoms with Crippen LogP contribution in [-0.4, -0.2) is 63.7 Å². The normalized spacial score (nSPS) is 27.6. The molecule has 0 radical (unpaired) electrons. The molecule has 0 saturated carbocycles. The van der Waals surface area contributed by atoms with Gasteiger partial charge in [-0.1, -0.05) is 83.9 Å². The van der Waals surface area contributed by atoms with Gasteiger partial charge in [0.25, 0.3) is 0 Å². The van der Waals surface area contributed by atoms with Crippen molar-refractivity contribution in [3.05, 3.63) is 0 Å². The topological polar surface area (TPSA) is 116 Å². The minimum absolute atomic E-state index is 0.273. The number of unbranched alkanes of at least 4 members (excludes halogenated alkanes) is 12. The molecule has 172 valence electrons. The lowest BCUT2D eigenvalue weighted by Gasteiger charge is -2.37. The maximum atomic E-state index is 11.8. The molecule has 7 nitrogen and oxygen atoms in total. The quantitative estimate of drug-likeness (QED) is 0.224. The van der Waals surface area contributed by atoms with Crippen molar-refractivity contribution in [3.63, 3.8) is 0 Å². The molecule has 0 spiro atoms. The number of carbonyl (C=O) groups is 1. The number of hydrogen-bond acceptors (Lipinski definition) is 7. The summed E-state index contributed by atoms with van der Waals surface area (Å²) in [7, 11) is 0. The summed E-state index contributed by atoms with van der Waals surface area (Å²) in [5.41, 5.74) is 0. The zero-order chi connectivity index (χ0) is 22.2. The Labute approximate surface area is 176 Å². The van der Waals surface area contributed by atoms with Gasteiger partial charge in [-0.2, -0.15) is 0 Å². The zero-order valence-corrected chi connectivity index (χ0v) is 17.7. The lowest BCUT2D eigenvalue weighted by Crippen LogP contribution is -2.58. The van der Waals surface area contributed by atoms with Crippen LogP contribution in [0.2, 0.25) is 0 Å². The predicted octanol–water partition coefficient (Wildman–Crippen LogP) is 2.81. The van der Waals surface area contributed by atoms with Gasteiger partial charge in [-0.15, -0.1) is 0 Å². The van der Waals surface area contributed by atoms with Gasteiger partial charge in [-0.3, -0.25) is 4.79 Å². The molecule has 0 bridgehead atoms. The van der Waals surface area contributed by atoms with Crippen LogP contribution in [0.1, 0.15) is 98.2 Å². The van der Waals surface area contributed by atoms with Gasteiger partial charge in [0.05, 0.1) is 0 Å². The van der Waals surface area contributed by atoms with Gasteiger partial charge >= 0.3 is 5.97 Å². The number of esters is 1. The van der Waals surface area contributed by atoms with Gasteiger partial charge in [0.2, 0.25) is 0 Å². The molecule has 7 heteroatoms. The first kappa shape index (κ1) is 24.5. The summed E-state index contributed by atoms with van der Waals surface area (Å²) < 4.78 is 17.1. The molecular formula is C22H42O7. The number of carbonyl (C=O) groups excluding carboxylic acids is 1. The molecule has 0 aromatic carbocycles. The molecule has 1 saturated heterocycles. The molecule has 0 amide bonds. The van der Waals surface area contributed by atoms with Crippen molar-refractivity contribution in [1.82, 2.24) is 0 Å². The van der Waals surface area contributed by atoms with Crippen molar-refractivity contribution < 1.29 is 36.1 Å². The zero-order valence-electron chi connectivity index (χ0n) is 18.7. The van der Waals surface area contributed by atoms with Gasteiger partial charge < -0.3 is 29.9 Å². The van der Waals surface area contributed by atoms with E-state index in [9.17, 15) is 25.2 Å². The fourth-order valence-corrected chi connectivity index (χ4v) is 3.53. The molecule has 1 rings (SSSR count). The Morgan fingerprint density at radius 3 is 1.86 bits per heavy atom. The fraction of sp³-hybridized carbons (Fsp3) is 0.955. The number of aliphatic hydroxyl groups is 4. The second-order valence-electron chi connectivity index (χ2n) is 8.07. The third-order valence-electron chi connectivity index (χ3n) is 5.48. The average molecular weight is 420 g/mol. The van der Waals surface area contributed by atoms with E-state index in [1.165, 1.54) is 57.8 Å². The first-order valence-electron chi connectivity index (χ1n) is 12.0. The summed E-state index contributed by atoms with van der Waals surface area (Å²) in [6, 6.07) is 0. The van der Waals surface area contributed by atoms with E-state index in [-0.39, 0.29) is 13.0 Å². The van der Waals surface area contributed by atoms with Gasteiger partial charge in [0, 0.05) is 7.79 Å². The van der Waals surface area contributed by atoms with Crippen molar-refractivity contribution >= 4 is 5.97 Å². The monoisotopic (exact) mass is 419 g/mol. The predicted molar refractivity (Wildman–Crippen MR) is 110 cm³/mol. The minimum Gasteiger partial charge on any atom is -0.463 e. The molecule has 1 aliphatic heterocycles. The number of rotatable bonds is 16. The van der Waals surface area contributed by atoms with E-state index < -0.39 is 36.7 Å². The minimum atomic E-state index is -1.62. The largest absolute Gasteiger partial charge is 0.463 e. The third kappa shape index (κ3) is 11.3. The first-order valence-corrected chi connectivity index (χ1v) is 11.3. The van der Waals surface area contributed by atoms with Gasteiger partial charge in [0.1, 0.15) is 31.0 Å². The van der Waals surface area contributed by atoms with Crippen LogP contribution in [-0.2, 0) is 14.3 Å². The number of aliphatic hydroxyl groups excluding tert-OH is 4. The highest BCUT2D eigenvalue weighted by Gasteiger charge is 2.43. The highest BCUT2D eigenvalue weighted by atomic mass is 16.6. The molecule has 0 aliphatic carbocycles. The van der Waals surface area contributed by atoms with E-state index in [4.69, 9.17) is 10.8 Å². The van der Waals surface area contributed by atoms with Crippen LogP contribution in [0.4, 0.5) is 0 Å². The van der Waals surface area contributed by atoms with Crippen LogP contribution >= 0.6 is 0 Å². The maximum absolute atomic E-state index is 11.8. The van der Waals surface area contributed by atoms with Crippen LogP contribution in [0, 0.1) is 0 Å². The van der Waals surface area contributed by atoms with E-state index in [0.717, 1.165) is 25.7 Å². The van der Waals surface area contributed by atoms with Crippen molar-refractivity contribution in [2.45, 2.75) is 127 Å². The van der Waals surface area contributed by atoms with Crippen LogP contribution in [0.15, 0.2) is 0 Å². The summed E-state index contributed by atoms with van der Waals surface area (Å²) in [6.07, 6.45) is 8.24. The SMILES string of the molecule is [2H]CCCCCCCCCCCCCCCC(=O)OC[C@H]1OC(O)[C@H](O)[C@@H](O)[C@H]1O. The molecule has 1 unspecified atom stereocenters. The van der Waals surface area contributed by atoms with Crippen LogP contribution < -0.4 is 0 Å². The van der Waals surface area contributed by atoms with E-state index in [1.807, 2.05) is 0 Å². The van der Waals surface area contributed by atoms with E-state index in [2.05, 4.69) is 0 Å². The summed E-state index contributed by atoms with van der Waals surface area (Å²) >= 11 is 0. The molecule has 0 aromatic rings. The number of hydrogen-bond donors (Lipinski definition) is 4. The standard InChI is InChI=1S/C22H42O7/c1-2-3-4-5-6-7-8-9-10-11-12-13-14-15-18(23)28-16-17-19(24)20(25)21(26)22(27)29-17/h17,19-22,24-27H,2-16H2,1H3/t17-,19+,20+,21-,22?/m1/s1/i1D. The van der Waals surface area contributed by atoms with Gasteiger partial charge in [0.15, 0.2) is 6.29 Å². The van der Waals surface area contributed by atoms with Crippen molar-refractivity contribution in [2.24, 2.45) is 0 Å². The molecule has 5 atom stereocenters. The van der Waals surface area contributed by atoms with Crippen molar-refractivity contribution in [3.8, 4) is 0 Å². The van der Waals surface area contributed by atoms with Crippen molar-refractivity contribution in [1.29, 1.82) is 0 Å². The van der Waals surface area contributed by atoms with E-state index in [0.29, 0.717) is 6.90 Å². The number of ether oxygens (including phenoxy) is 2. The smallest absolute Gasteiger partial charge is 0.305 e. The van der Waals surface area contributed by atoms with E-state index >= 15 is 0 Å². The maximum Gasteiger partial charge on any atom is 0.305 e. The first-order chi connectivity index (χ1) is 14.5. The molecule has 1 aliphatic rings. The molecule has 1 heterocycles. The highest BCUT2D eigenvalue weighted by molar-refractivity contribution is 5.69. The second-order valence-corrected chi connectivity index (χ2v) is 8.07. The van der Waals surface area contributed by atoms with Crippen molar-refractivity contribution in [2.75, 3.05) is 6.61 Å². The molecule has 0 aromatic heterocycles. The summed E-state index contributed by atoms with van der Waals surface area (Å²) in [6.45, 7) is 0.285. The molecule has 4 N–H and O–H groups in total. The van der Waals surface area contributed by atoms with E-state index in [1.54, 1.807) is 0 Å². The lowest BCUT2D eigenvalue weighted by atomic mass is 9.99.